The van der Waals surface area contributed by atoms with Crippen LogP contribution >= 0.6 is 11.3 Å². The molecule has 0 amide bonds. The Morgan fingerprint density at radius 2 is 2.11 bits per heavy atom. The predicted octanol–water partition coefficient (Wildman–Crippen LogP) is 1.25. The average molecular weight is 295 g/mol. The van der Waals surface area contributed by atoms with Crippen LogP contribution in [0.4, 0.5) is 19.0 Å². The summed E-state index contributed by atoms with van der Waals surface area (Å²) in [6.45, 7) is -2.26. The maximum Gasteiger partial charge on any atom is 0.405 e. The molecule has 0 aliphatic carbocycles. The van der Waals surface area contributed by atoms with E-state index in [4.69, 9.17) is 5.11 Å². The largest absolute Gasteiger partial charge is 0.405 e. The van der Waals surface area contributed by atoms with Crippen molar-refractivity contribution < 1.29 is 23.4 Å². The SMILES string of the molecule is OCCN(CC(F)(F)F)c1nc2sccn2c1CO. The van der Waals surface area contributed by atoms with Crippen LogP contribution in [-0.2, 0) is 6.61 Å². The summed E-state index contributed by atoms with van der Waals surface area (Å²) in [5.41, 5.74) is 0.286. The van der Waals surface area contributed by atoms with E-state index in [1.54, 1.807) is 16.0 Å². The maximum absolute atomic E-state index is 12.5. The highest BCUT2D eigenvalue weighted by atomic mass is 32.1. The van der Waals surface area contributed by atoms with E-state index >= 15 is 0 Å². The second-order valence-corrected chi connectivity index (χ2v) is 4.73. The average Bonchev–Trinajstić information content (AvgIpc) is 2.85. The van der Waals surface area contributed by atoms with Gasteiger partial charge in [0.1, 0.15) is 6.54 Å². The molecule has 2 rings (SSSR count). The number of hydrogen-bond acceptors (Lipinski definition) is 5. The fourth-order valence-electron chi connectivity index (χ4n) is 1.82. The number of alkyl halides is 3. The normalized spacial score (nSPS) is 12.3. The minimum absolute atomic E-state index is 0.0562. The standard InChI is InChI=1S/C10H12F3N3O2S/c11-10(12,13)6-15(1-3-17)8-7(5-18)16-2-4-19-9(16)14-8/h2,4,17-18H,1,3,5-6H2. The summed E-state index contributed by atoms with van der Waals surface area (Å²) >= 11 is 1.26. The Balaban J connectivity index is 2.40. The van der Waals surface area contributed by atoms with Gasteiger partial charge in [-0.15, -0.1) is 11.3 Å². The van der Waals surface area contributed by atoms with E-state index in [2.05, 4.69) is 4.98 Å². The van der Waals surface area contributed by atoms with Crippen molar-refractivity contribution in [2.24, 2.45) is 0 Å². The lowest BCUT2D eigenvalue weighted by Crippen LogP contribution is -2.37. The van der Waals surface area contributed by atoms with Gasteiger partial charge in [0.15, 0.2) is 10.8 Å². The van der Waals surface area contributed by atoms with Gasteiger partial charge in [-0.05, 0) is 0 Å². The summed E-state index contributed by atoms with van der Waals surface area (Å²) in [6, 6.07) is 0. The maximum atomic E-state index is 12.5. The van der Waals surface area contributed by atoms with Crippen LogP contribution in [0.5, 0.6) is 0 Å². The van der Waals surface area contributed by atoms with E-state index in [0.717, 1.165) is 4.90 Å². The van der Waals surface area contributed by atoms with E-state index in [-0.39, 0.29) is 18.1 Å². The minimum atomic E-state index is -4.40. The number of aromatic nitrogens is 2. The number of thiazole rings is 1. The topological polar surface area (TPSA) is 61.0 Å². The quantitative estimate of drug-likeness (QED) is 0.871. The molecule has 106 valence electrons. The molecule has 0 saturated carbocycles. The molecule has 2 aromatic rings. The number of aliphatic hydroxyl groups is 2. The zero-order valence-corrected chi connectivity index (χ0v) is 10.6. The van der Waals surface area contributed by atoms with Crippen LogP contribution in [0.15, 0.2) is 11.6 Å². The van der Waals surface area contributed by atoms with Crippen molar-refractivity contribution in [2.45, 2.75) is 12.8 Å². The molecule has 0 aromatic carbocycles. The molecule has 2 heterocycles. The molecule has 19 heavy (non-hydrogen) atoms. The summed E-state index contributed by atoms with van der Waals surface area (Å²) in [6.07, 6.45) is -2.77. The Morgan fingerprint density at radius 3 is 2.68 bits per heavy atom. The van der Waals surface area contributed by atoms with Crippen molar-refractivity contribution >= 4 is 22.1 Å². The first-order valence-electron chi connectivity index (χ1n) is 5.44. The first-order valence-corrected chi connectivity index (χ1v) is 6.32. The third-order valence-corrected chi connectivity index (χ3v) is 3.29. The van der Waals surface area contributed by atoms with Crippen molar-refractivity contribution in [2.75, 3.05) is 24.6 Å². The van der Waals surface area contributed by atoms with Crippen molar-refractivity contribution in [3.8, 4) is 0 Å². The van der Waals surface area contributed by atoms with Gasteiger partial charge in [-0.3, -0.25) is 4.40 Å². The zero-order chi connectivity index (χ0) is 14.0. The molecule has 5 nitrogen and oxygen atoms in total. The molecule has 0 aliphatic rings. The van der Waals surface area contributed by atoms with Crippen LogP contribution in [0.3, 0.4) is 0 Å². The molecule has 0 atom stereocenters. The van der Waals surface area contributed by atoms with Gasteiger partial charge >= 0.3 is 6.18 Å². The Hall–Kier alpha value is -1.32. The summed E-state index contributed by atoms with van der Waals surface area (Å²) in [5, 5.41) is 19.9. The van der Waals surface area contributed by atoms with Crippen LogP contribution in [0.1, 0.15) is 5.69 Å². The molecule has 0 spiro atoms. The molecule has 0 bridgehead atoms. The highest BCUT2D eigenvalue weighted by Crippen LogP contribution is 2.27. The minimum Gasteiger partial charge on any atom is -0.395 e. The van der Waals surface area contributed by atoms with Gasteiger partial charge in [0.25, 0.3) is 0 Å². The van der Waals surface area contributed by atoms with Crippen molar-refractivity contribution in [3.63, 3.8) is 0 Å². The second-order valence-electron chi connectivity index (χ2n) is 3.86. The van der Waals surface area contributed by atoms with Gasteiger partial charge in [-0.2, -0.15) is 13.2 Å². The fraction of sp³-hybridized carbons (Fsp3) is 0.500. The molecule has 0 aliphatic heterocycles. The summed E-state index contributed by atoms with van der Waals surface area (Å²) < 4.78 is 39.1. The van der Waals surface area contributed by atoms with Crippen LogP contribution in [0.2, 0.25) is 0 Å². The Bertz CT molecular complexity index is 552. The molecule has 2 N–H and O–H groups in total. The molecular formula is C10H12F3N3O2S. The Labute approximate surface area is 110 Å². The number of aliphatic hydroxyl groups excluding tert-OH is 2. The summed E-state index contributed by atoms with van der Waals surface area (Å²) in [7, 11) is 0. The van der Waals surface area contributed by atoms with Crippen LogP contribution < -0.4 is 4.90 Å². The molecule has 0 saturated heterocycles. The second kappa shape index (κ2) is 5.35. The van der Waals surface area contributed by atoms with Gasteiger partial charge < -0.3 is 15.1 Å². The molecule has 2 aromatic heterocycles. The van der Waals surface area contributed by atoms with Crippen molar-refractivity contribution in [1.82, 2.24) is 9.38 Å². The fourth-order valence-corrected chi connectivity index (χ4v) is 2.55. The molecule has 0 unspecified atom stereocenters. The summed E-state index contributed by atoms with van der Waals surface area (Å²) in [4.78, 5) is 5.51. The number of hydrogen-bond donors (Lipinski definition) is 2. The van der Waals surface area contributed by atoms with Crippen LogP contribution in [0.25, 0.3) is 4.96 Å². The van der Waals surface area contributed by atoms with Gasteiger partial charge in [0.05, 0.1) is 18.9 Å². The van der Waals surface area contributed by atoms with Crippen LogP contribution in [-0.4, -0.2) is 45.5 Å². The Morgan fingerprint density at radius 1 is 1.37 bits per heavy atom. The number of nitrogens with zero attached hydrogens (tertiary/aromatic N) is 3. The van der Waals surface area contributed by atoms with Crippen molar-refractivity contribution in [1.29, 1.82) is 0 Å². The summed E-state index contributed by atoms with van der Waals surface area (Å²) in [5.74, 6) is 0.0562. The smallest absolute Gasteiger partial charge is 0.395 e. The van der Waals surface area contributed by atoms with E-state index in [9.17, 15) is 18.3 Å². The highest BCUT2D eigenvalue weighted by Gasteiger charge is 2.32. The lowest BCUT2D eigenvalue weighted by Gasteiger charge is -2.23. The van der Waals surface area contributed by atoms with Gasteiger partial charge in [0.2, 0.25) is 0 Å². The van der Waals surface area contributed by atoms with Gasteiger partial charge in [-0.1, -0.05) is 0 Å². The molecule has 0 fully saturated rings. The number of halogens is 3. The highest BCUT2D eigenvalue weighted by molar-refractivity contribution is 7.15. The predicted molar refractivity (Wildman–Crippen MR) is 64.3 cm³/mol. The van der Waals surface area contributed by atoms with E-state index in [1.807, 2.05) is 0 Å². The number of anilines is 1. The third-order valence-electron chi connectivity index (χ3n) is 2.53. The first kappa shape index (κ1) is 14.1. The van der Waals surface area contributed by atoms with E-state index in [1.165, 1.54) is 11.3 Å². The van der Waals surface area contributed by atoms with Gasteiger partial charge in [0, 0.05) is 18.1 Å². The Kier molecular flexibility index (Phi) is 3.97. The van der Waals surface area contributed by atoms with Gasteiger partial charge in [-0.25, -0.2) is 4.98 Å². The lowest BCUT2D eigenvalue weighted by molar-refractivity contribution is -0.120. The number of rotatable bonds is 5. The monoisotopic (exact) mass is 295 g/mol. The molecule has 9 heteroatoms. The third kappa shape index (κ3) is 2.99. The van der Waals surface area contributed by atoms with Crippen molar-refractivity contribution in [3.05, 3.63) is 17.3 Å². The lowest BCUT2D eigenvalue weighted by atomic mass is 10.3. The number of imidazole rings is 1. The zero-order valence-electron chi connectivity index (χ0n) is 9.76. The van der Waals surface area contributed by atoms with E-state index in [0.29, 0.717) is 4.96 Å². The molecule has 0 radical (unpaired) electrons. The first-order chi connectivity index (χ1) is 8.96. The van der Waals surface area contributed by atoms with E-state index < -0.39 is 25.9 Å². The molecular weight excluding hydrogens is 283 g/mol. The van der Waals surface area contributed by atoms with Crippen LogP contribution in [0, 0.1) is 0 Å². The number of fused-ring (bicyclic) bond motifs is 1.